The van der Waals surface area contributed by atoms with Crippen molar-refractivity contribution in [1.82, 2.24) is 15.2 Å². The van der Waals surface area contributed by atoms with Gasteiger partial charge in [0.05, 0.1) is 11.3 Å². The highest BCUT2D eigenvalue weighted by Gasteiger charge is 2.33. The van der Waals surface area contributed by atoms with Crippen molar-refractivity contribution < 1.29 is 19.5 Å². The van der Waals surface area contributed by atoms with E-state index in [-0.39, 0.29) is 22.9 Å². The fourth-order valence-corrected chi connectivity index (χ4v) is 2.98. The highest BCUT2D eigenvalue weighted by molar-refractivity contribution is 5.97. The minimum absolute atomic E-state index is 0.0486. The maximum Gasteiger partial charge on any atom is 0.337 e. The molecule has 0 aliphatic carbocycles. The van der Waals surface area contributed by atoms with E-state index in [0.29, 0.717) is 19.5 Å². The summed E-state index contributed by atoms with van der Waals surface area (Å²) >= 11 is 0. The molecule has 1 atom stereocenters. The summed E-state index contributed by atoms with van der Waals surface area (Å²) in [7, 11) is 0. The van der Waals surface area contributed by atoms with Gasteiger partial charge in [-0.05, 0) is 31.0 Å². The molecule has 0 saturated carbocycles. The molecule has 2 heterocycles. The van der Waals surface area contributed by atoms with Crippen LogP contribution in [-0.2, 0) is 11.3 Å². The van der Waals surface area contributed by atoms with Crippen LogP contribution in [0.1, 0.15) is 38.5 Å². The Kier molecular flexibility index (Phi) is 4.97. The van der Waals surface area contributed by atoms with Crippen molar-refractivity contribution in [3.05, 3.63) is 65.0 Å². The molecule has 134 valence electrons. The lowest BCUT2D eigenvalue weighted by molar-refractivity contribution is -0.129. The SMILES string of the molecule is Cc1nc(C(=O)NC2CCN(Cc3ccccc3)C2=O)ccc1C(=O)O. The predicted molar refractivity (Wildman–Crippen MR) is 93.7 cm³/mol. The number of nitrogens with one attached hydrogen (secondary N) is 1. The summed E-state index contributed by atoms with van der Waals surface area (Å²) in [6.07, 6.45) is 0.531. The van der Waals surface area contributed by atoms with E-state index in [1.54, 1.807) is 4.90 Å². The average molecular weight is 353 g/mol. The molecule has 1 unspecified atom stereocenters. The summed E-state index contributed by atoms with van der Waals surface area (Å²) in [6.45, 7) is 2.61. The molecule has 0 radical (unpaired) electrons. The van der Waals surface area contributed by atoms with Gasteiger partial charge in [-0.1, -0.05) is 30.3 Å². The zero-order valence-corrected chi connectivity index (χ0v) is 14.3. The zero-order valence-electron chi connectivity index (χ0n) is 14.3. The molecule has 3 rings (SSSR count). The molecule has 2 aromatic rings. The Morgan fingerprint density at radius 3 is 2.62 bits per heavy atom. The third kappa shape index (κ3) is 3.72. The van der Waals surface area contributed by atoms with Crippen molar-refractivity contribution >= 4 is 17.8 Å². The lowest BCUT2D eigenvalue weighted by Crippen LogP contribution is -2.41. The van der Waals surface area contributed by atoms with Gasteiger partial charge in [0, 0.05) is 13.1 Å². The number of nitrogens with zero attached hydrogens (tertiary/aromatic N) is 2. The number of hydrogen-bond donors (Lipinski definition) is 2. The van der Waals surface area contributed by atoms with Crippen LogP contribution in [-0.4, -0.2) is 45.4 Å². The number of carbonyl (C=O) groups is 3. The van der Waals surface area contributed by atoms with E-state index in [2.05, 4.69) is 10.3 Å². The van der Waals surface area contributed by atoms with Crippen LogP contribution in [0.15, 0.2) is 42.5 Å². The zero-order chi connectivity index (χ0) is 18.7. The number of pyridine rings is 1. The molecule has 1 aromatic heterocycles. The van der Waals surface area contributed by atoms with Crippen molar-refractivity contribution in [3.63, 3.8) is 0 Å². The molecule has 1 aromatic carbocycles. The third-order valence-electron chi connectivity index (χ3n) is 4.37. The van der Waals surface area contributed by atoms with Gasteiger partial charge in [-0.25, -0.2) is 9.78 Å². The minimum Gasteiger partial charge on any atom is -0.478 e. The molecule has 7 heteroatoms. The second-order valence-electron chi connectivity index (χ2n) is 6.19. The van der Waals surface area contributed by atoms with Gasteiger partial charge in [-0.3, -0.25) is 9.59 Å². The van der Waals surface area contributed by atoms with E-state index in [9.17, 15) is 14.4 Å². The molecule has 0 bridgehead atoms. The number of carboxylic acids is 1. The number of likely N-dealkylation sites (tertiary alicyclic amines) is 1. The second kappa shape index (κ2) is 7.35. The molecule has 1 saturated heterocycles. The van der Waals surface area contributed by atoms with E-state index in [4.69, 9.17) is 5.11 Å². The van der Waals surface area contributed by atoms with Crippen LogP contribution in [0.4, 0.5) is 0 Å². The van der Waals surface area contributed by atoms with E-state index in [1.807, 2.05) is 30.3 Å². The van der Waals surface area contributed by atoms with Gasteiger partial charge in [0.15, 0.2) is 0 Å². The van der Waals surface area contributed by atoms with E-state index in [0.717, 1.165) is 5.56 Å². The van der Waals surface area contributed by atoms with Gasteiger partial charge in [-0.2, -0.15) is 0 Å². The van der Waals surface area contributed by atoms with Crippen LogP contribution >= 0.6 is 0 Å². The van der Waals surface area contributed by atoms with Gasteiger partial charge in [0.1, 0.15) is 11.7 Å². The molecular formula is C19H19N3O4. The highest BCUT2D eigenvalue weighted by Crippen LogP contribution is 2.16. The van der Waals surface area contributed by atoms with Crippen LogP contribution in [0.3, 0.4) is 0 Å². The molecule has 2 N–H and O–H groups in total. The smallest absolute Gasteiger partial charge is 0.337 e. The molecule has 1 aliphatic rings. The van der Waals surface area contributed by atoms with Crippen molar-refractivity contribution in [2.45, 2.75) is 25.9 Å². The fourth-order valence-electron chi connectivity index (χ4n) is 2.98. The maximum atomic E-state index is 12.5. The van der Waals surface area contributed by atoms with Crippen LogP contribution in [0.2, 0.25) is 0 Å². The first-order valence-corrected chi connectivity index (χ1v) is 8.30. The summed E-state index contributed by atoms with van der Waals surface area (Å²) in [5.74, 6) is -1.70. The number of hydrogen-bond acceptors (Lipinski definition) is 4. The molecule has 0 spiro atoms. The normalized spacial score (nSPS) is 16.6. The molecular weight excluding hydrogens is 334 g/mol. The van der Waals surface area contributed by atoms with E-state index in [1.165, 1.54) is 19.1 Å². The largest absolute Gasteiger partial charge is 0.478 e. The lowest BCUT2D eigenvalue weighted by atomic mass is 10.1. The Morgan fingerprint density at radius 2 is 1.96 bits per heavy atom. The Hall–Kier alpha value is -3.22. The summed E-state index contributed by atoms with van der Waals surface area (Å²) in [6, 6.07) is 11.8. The van der Waals surface area contributed by atoms with Crippen molar-refractivity contribution in [3.8, 4) is 0 Å². The topological polar surface area (TPSA) is 99.6 Å². The van der Waals surface area contributed by atoms with Gasteiger partial charge >= 0.3 is 5.97 Å². The van der Waals surface area contributed by atoms with Crippen molar-refractivity contribution in [1.29, 1.82) is 0 Å². The monoisotopic (exact) mass is 353 g/mol. The first-order chi connectivity index (χ1) is 12.5. The van der Waals surface area contributed by atoms with Crippen LogP contribution < -0.4 is 5.32 Å². The van der Waals surface area contributed by atoms with Crippen LogP contribution in [0, 0.1) is 6.92 Å². The van der Waals surface area contributed by atoms with E-state index >= 15 is 0 Å². The summed E-state index contributed by atoms with van der Waals surface area (Å²) in [5, 5.41) is 11.7. The summed E-state index contributed by atoms with van der Waals surface area (Å²) in [5.41, 5.74) is 1.44. The molecule has 2 amide bonds. The molecule has 1 aliphatic heterocycles. The Labute approximate surface area is 150 Å². The number of aromatic carboxylic acids is 1. The maximum absolute atomic E-state index is 12.5. The number of rotatable bonds is 5. The summed E-state index contributed by atoms with van der Waals surface area (Å²) < 4.78 is 0. The first kappa shape index (κ1) is 17.6. The lowest BCUT2D eigenvalue weighted by Gasteiger charge is -2.17. The third-order valence-corrected chi connectivity index (χ3v) is 4.37. The van der Waals surface area contributed by atoms with Crippen molar-refractivity contribution in [2.24, 2.45) is 0 Å². The first-order valence-electron chi connectivity index (χ1n) is 8.30. The second-order valence-corrected chi connectivity index (χ2v) is 6.19. The van der Waals surface area contributed by atoms with Crippen molar-refractivity contribution in [2.75, 3.05) is 6.54 Å². The van der Waals surface area contributed by atoms with E-state index < -0.39 is 17.9 Å². The number of aromatic nitrogens is 1. The van der Waals surface area contributed by atoms with Crippen LogP contribution in [0.5, 0.6) is 0 Å². The van der Waals surface area contributed by atoms with Gasteiger partial charge < -0.3 is 15.3 Å². The number of carboxylic acid groups (broad SMARTS) is 1. The number of aryl methyl sites for hydroxylation is 1. The Morgan fingerprint density at radius 1 is 1.23 bits per heavy atom. The predicted octanol–water partition coefficient (Wildman–Crippen LogP) is 1.62. The molecule has 26 heavy (non-hydrogen) atoms. The average Bonchev–Trinajstić information content (AvgIpc) is 2.95. The van der Waals surface area contributed by atoms with Crippen LogP contribution in [0.25, 0.3) is 0 Å². The Balaban J connectivity index is 1.64. The fraction of sp³-hybridized carbons (Fsp3) is 0.263. The quantitative estimate of drug-likeness (QED) is 0.851. The molecule has 7 nitrogen and oxygen atoms in total. The number of carbonyl (C=O) groups excluding carboxylic acids is 2. The standard InChI is InChI=1S/C19H19N3O4/c1-12-14(19(25)26)7-8-15(20-12)17(23)21-16-9-10-22(18(16)24)11-13-5-3-2-4-6-13/h2-8,16H,9-11H2,1H3,(H,21,23)(H,25,26). The number of amides is 2. The van der Waals surface area contributed by atoms with Gasteiger partial charge in [-0.15, -0.1) is 0 Å². The Bertz CT molecular complexity index is 851. The highest BCUT2D eigenvalue weighted by atomic mass is 16.4. The number of benzene rings is 1. The van der Waals surface area contributed by atoms with Gasteiger partial charge in [0.2, 0.25) is 5.91 Å². The summed E-state index contributed by atoms with van der Waals surface area (Å²) in [4.78, 5) is 41.6. The minimum atomic E-state index is -1.09. The molecule has 1 fully saturated rings. The van der Waals surface area contributed by atoms with Gasteiger partial charge in [0.25, 0.3) is 5.91 Å².